The molecule has 0 aromatic heterocycles. The second-order valence-corrected chi connectivity index (χ2v) is 9.56. The highest BCUT2D eigenvalue weighted by Crippen LogP contribution is 2.52. The summed E-state index contributed by atoms with van der Waals surface area (Å²) >= 11 is 1.63. The third-order valence-electron chi connectivity index (χ3n) is 6.00. The smallest absolute Gasteiger partial charge is 0.272 e. The minimum atomic E-state index is -1.30. The molecule has 0 radical (unpaired) electrons. The number of thioether (sulfide) groups is 1. The van der Waals surface area contributed by atoms with E-state index in [2.05, 4.69) is 29.7 Å². The van der Waals surface area contributed by atoms with Gasteiger partial charge in [0.2, 0.25) is 0 Å². The van der Waals surface area contributed by atoms with E-state index >= 15 is 0 Å². The molecular weight excluding hydrogens is 384 g/mol. The highest BCUT2D eigenvalue weighted by Gasteiger charge is 2.52. The van der Waals surface area contributed by atoms with Crippen LogP contribution in [0.1, 0.15) is 55.8 Å². The van der Waals surface area contributed by atoms with Gasteiger partial charge in [-0.05, 0) is 49.7 Å². The molecule has 2 amide bonds. The molecule has 29 heavy (non-hydrogen) atoms. The highest BCUT2D eigenvalue weighted by molar-refractivity contribution is 8.02. The summed E-state index contributed by atoms with van der Waals surface area (Å²) < 4.78 is 0. The summed E-state index contributed by atoms with van der Waals surface area (Å²) in [5.41, 5.74) is 4.59. The van der Waals surface area contributed by atoms with Crippen LogP contribution in [0.2, 0.25) is 0 Å². The van der Waals surface area contributed by atoms with E-state index in [-0.39, 0.29) is 11.2 Å². The zero-order valence-electron chi connectivity index (χ0n) is 16.5. The summed E-state index contributed by atoms with van der Waals surface area (Å²) in [5, 5.41) is 11.7. The van der Waals surface area contributed by atoms with Gasteiger partial charge in [0.25, 0.3) is 11.8 Å². The first-order valence-corrected chi connectivity index (χ1v) is 11.0. The monoisotopic (exact) mass is 410 g/mol. The first-order chi connectivity index (χ1) is 14.0. The molecule has 5 nitrogen and oxygen atoms in total. The normalized spacial score (nSPS) is 27.8. The molecule has 2 aromatic rings. The van der Waals surface area contributed by atoms with Gasteiger partial charge in [-0.1, -0.05) is 60.7 Å². The molecule has 2 aromatic carbocycles. The Morgan fingerprint density at radius 2 is 1.69 bits per heavy atom. The first kappa shape index (κ1) is 20.0. The Balaban J connectivity index is 1.48. The van der Waals surface area contributed by atoms with Gasteiger partial charge < -0.3 is 5.11 Å². The van der Waals surface area contributed by atoms with Crippen molar-refractivity contribution in [1.82, 2.24) is 10.4 Å². The third-order valence-corrected chi connectivity index (χ3v) is 7.58. The third kappa shape index (κ3) is 3.91. The van der Waals surface area contributed by atoms with Crippen LogP contribution in [0.25, 0.3) is 0 Å². The van der Waals surface area contributed by atoms with Crippen molar-refractivity contribution in [2.75, 3.05) is 0 Å². The number of carbonyl (C=O) groups is 2. The van der Waals surface area contributed by atoms with Crippen LogP contribution in [-0.2, 0) is 9.59 Å². The SMILES string of the molecule is C[C@H]1SC2(CCC(c3ccccc3)CC2)N(NC(=O)[C@@H](O)c2ccccc2)C1=O. The maximum Gasteiger partial charge on any atom is 0.272 e. The van der Waals surface area contributed by atoms with Gasteiger partial charge in [0, 0.05) is 0 Å². The van der Waals surface area contributed by atoms with Crippen LogP contribution >= 0.6 is 11.8 Å². The fourth-order valence-electron chi connectivity index (χ4n) is 4.40. The number of amides is 2. The Kier molecular flexibility index (Phi) is 5.65. The van der Waals surface area contributed by atoms with Crippen molar-refractivity contribution in [3.8, 4) is 0 Å². The number of rotatable bonds is 4. The van der Waals surface area contributed by atoms with Gasteiger partial charge in [0.1, 0.15) is 4.87 Å². The van der Waals surface area contributed by atoms with Gasteiger partial charge >= 0.3 is 0 Å². The van der Waals surface area contributed by atoms with Crippen LogP contribution in [0.15, 0.2) is 60.7 Å². The molecule has 2 aliphatic rings. The summed E-state index contributed by atoms with van der Waals surface area (Å²) in [5.74, 6) is -0.188. The summed E-state index contributed by atoms with van der Waals surface area (Å²) in [7, 11) is 0. The topological polar surface area (TPSA) is 69.6 Å². The number of hydrazine groups is 1. The van der Waals surface area contributed by atoms with E-state index in [1.807, 2.05) is 19.1 Å². The molecule has 152 valence electrons. The lowest BCUT2D eigenvalue weighted by atomic mass is 9.81. The summed E-state index contributed by atoms with van der Waals surface area (Å²) in [4.78, 5) is 25.1. The predicted octanol–water partition coefficient (Wildman–Crippen LogP) is 3.77. The van der Waals surface area contributed by atoms with Crippen LogP contribution < -0.4 is 5.43 Å². The lowest BCUT2D eigenvalue weighted by Crippen LogP contribution is -2.56. The number of carbonyl (C=O) groups excluding carboxylic acids is 2. The van der Waals surface area contributed by atoms with E-state index in [0.29, 0.717) is 11.5 Å². The van der Waals surface area contributed by atoms with Gasteiger partial charge in [-0.15, -0.1) is 11.8 Å². The van der Waals surface area contributed by atoms with Gasteiger partial charge in [-0.25, -0.2) is 5.01 Å². The Morgan fingerprint density at radius 1 is 1.10 bits per heavy atom. The number of hydrogen-bond donors (Lipinski definition) is 2. The fourth-order valence-corrected chi connectivity index (χ4v) is 5.98. The second-order valence-electron chi connectivity index (χ2n) is 7.85. The van der Waals surface area contributed by atoms with E-state index in [1.165, 1.54) is 10.6 Å². The molecule has 1 heterocycles. The van der Waals surface area contributed by atoms with E-state index < -0.39 is 16.9 Å². The molecule has 0 bridgehead atoms. The molecule has 1 saturated heterocycles. The number of nitrogens with zero attached hydrogens (tertiary/aromatic N) is 1. The van der Waals surface area contributed by atoms with E-state index in [4.69, 9.17) is 0 Å². The fraction of sp³-hybridized carbons (Fsp3) is 0.391. The molecule has 2 atom stereocenters. The second kappa shape index (κ2) is 8.20. The molecular formula is C23H26N2O3S. The van der Waals surface area contributed by atoms with Gasteiger partial charge in [-0.2, -0.15) is 0 Å². The Hall–Kier alpha value is -2.31. The van der Waals surface area contributed by atoms with Crippen LogP contribution in [0.4, 0.5) is 0 Å². The molecule has 6 heteroatoms. The van der Waals surface area contributed by atoms with Crippen molar-refractivity contribution in [2.45, 2.75) is 54.7 Å². The molecule has 2 N–H and O–H groups in total. The zero-order chi connectivity index (χ0) is 20.4. The highest BCUT2D eigenvalue weighted by atomic mass is 32.2. The van der Waals surface area contributed by atoms with Crippen molar-refractivity contribution >= 4 is 23.6 Å². The van der Waals surface area contributed by atoms with Crippen LogP contribution in [0.3, 0.4) is 0 Å². The van der Waals surface area contributed by atoms with E-state index in [9.17, 15) is 14.7 Å². The summed E-state index contributed by atoms with van der Waals surface area (Å²) in [6.07, 6.45) is 2.25. The number of hydrogen-bond acceptors (Lipinski definition) is 4. The lowest BCUT2D eigenvalue weighted by molar-refractivity contribution is -0.148. The van der Waals surface area contributed by atoms with Crippen molar-refractivity contribution in [3.05, 3.63) is 71.8 Å². The number of aliphatic hydroxyl groups is 1. The van der Waals surface area contributed by atoms with Crippen molar-refractivity contribution in [2.24, 2.45) is 0 Å². The van der Waals surface area contributed by atoms with Gasteiger partial charge in [-0.3, -0.25) is 15.0 Å². The van der Waals surface area contributed by atoms with Crippen LogP contribution in [0, 0.1) is 0 Å². The van der Waals surface area contributed by atoms with Gasteiger partial charge in [0.05, 0.1) is 5.25 Å². The Morgan fingerprint density at radius 3 is 2.31 bits per heavy atom. The molecule has 0 unspecified atom stereocenters. The Labute approximate surface area is 175 Å². The van der Waals surface area contributed by atoms with Crippen molar-refractivity contribution in [3.63, 3.8) is 0 Å². The number of aliphatic hydroxyl groups excluding tert-OH is 1. The number of benzene rings is 2. The van der Waals surface area contributed by atoms with E-state index in [0.717, 1.165) is 25.7 Å². The quantitative estimate of drug-likeness (QED) is 0.805. The van der Waals surface area contributed by atoms with Crippen LogP contribution in [0.5, 0.6) is 0 Å². The van der Waals surface area contributed by atoms with Crippen molar-refractivity contribution < 1.29 is 14.7 Å². The molecule has 1 aliphatic carbocycles. The van der Waals surface area contributed by atoms with Crippen molar-refractivity contribution in [1.29, 1.82) is 0 Å². The minimum Gasteiger partial charge on any atom is -0.378 e. The zero-order valence-corrected chi connectivity index (χ0v) is 17.3. The predicted molar refractivity (Wildman–Crippen MR) is 114 cm³/mol. The molecule has 1 spiro atoms. The summed E-state index contributed by atoms with van der Waals surface area (Å²) in [6.45, 7) is 1.89. The average Bonchev–Trinajstić information content (AvgIpc) is 2.99. The standard InChI is InChI=1S/C23H26N2O3S/c1-16-22(28)25(24-21(27)20(26)19-10-6-3-7-11-19)23(29-16)14-12-18(13-15-23)17-8-4-2-5-9-17/h2-11,16,18,20,26H,12-15H2,1H3,(H,24,27)/t16-,18?,20+,23?/m1/s1. The average molecular weight is 411 g/mol. The van der Waals surface area contributed by atoms with Gasteiger partial charge in [0.15, 0.2) is 6.10 Å². The largest absolute Gasteiger partial charge is 0.378 e. The van der Waals surface area contributed by atoms with Crippen LogP contribution in [-0.4, -0.2) is 32.1 Å². The molecule has 4 rings (SSSR count). The summed E-state index contributed by atoms with van der Waals surface area (Å²) in [6, 6.07) is 19.3. The maximum atomic E-state index is 12.8. The first-order valence-electron chi connectivity index (χ1n) is 10.1. The maximum absolute atomic E-state index is 12.8. The molecule has 2 fully saturated rings. The Bertz CT molecular complexity index is 866. The minimum absolute atomic E-state index is 0.0956. The molecule has 1 saturated carbocycles. The van der Waals surface area contributed by atoms with E-state index in [1.54, 1.807) is 36.0 Å². The lowest BCUT2D eigenvalue weighted by Gasteiger charge is -2.42. The number of nitrogens with one attached hydrogen (secondary N) is 1. The molecule has 1 aliphatic heterocycles.